The van der Waals surface area contributed by atoms with Gasteiger partial charge < -0.3 is 20.1 Å². The average molecular weight is 372 g/mol. The molecule has 0 aromatic heterocycles. The highest BCUT2D eigenvalue weighted by molar-refractivity contribution is 6.37. The van der Waals surface area contributed by atoms with E-state index in [9.17, 15) is 29.7 Å². The van der Waals surface area contributed by atoms with Gasteiger partial charge in [-0.2, -0.15) is 0 Å². The van der Waals surface area contributed by atoms with Crippen LogP contribution in [0.3, 0.4) is 0 Å². The molecule has 0 aromatic carbocycles. The third-order valence-electron chi connectivity index (χ3n) is 5.18. The number of ketones is 2. The summed E-state index contributed by atoms with van der Waals surface area (Å²) in [6.07, 6.45) is -2.84. The average Bonchev–Trinajstić information content (AvgIpc) is 2.53. The predicted octanol–water partition coefficient (Wildman–Crippen LogP) is 1.01. The summed E-state index contributed by atoms with van der Waals surface area (Å²) in [6.45, 7) is 7.50. The van der Waals surface area contributed by atoms with E-state index in [0.29, 0.717) is 18.3 Å². The van der Waals surface area contributed by atoms with Gasteiger partial charge in [0.2, 0.25) is 5.78 Å². The lowest BCUT2D eigenvalue weighted by molar-refractivity contribution is -0.164. The number of Topliss-reactive ketones (excluding diaryl/α,β-unsaturated/α-hetero) is 2. The molecule has 7 nitrogen and oxygen atoms in total. The molecule has 0 aromatic rings. The Hall–Kier alpha value is -1.31. The van der Waals surface area contributed by atoms with Crippen molar-refractivity contribution in [1.29, 1.82) is 0 Å². The topological polar surface area (TPSA) is 121 Å². The number of aliphatic hydroxyl groups is 3. The molecular weight excluding hydrogens is 340 g/mol. The summed E-state index contributed by atoms with van der Waals surface area (Å²) < 4.78 is 5.39. The van der Waals surface area contributed by atoms with Crippen LogP contribution in [0.1, 0.15) is 59.8 Å². The summed E-state index contributed by atoms with van der Waals surface area (Å²) in [5.74, 6) is -2.01. The molecule has 6 unspecified atom stereocenters. The molecule has 3 N–H and O–H groups in total. The number of aliphatic hydroxyl groups excluding tert-OH is 3. The van der Waals surface area contributed by atoms with Crippen LogP contribution in [0.5, 0.6) is 0 Å². The summed E-state index contributed by atoms with van der Waals surface area (Å²) in [4.78, 5) is 35.9. The molecule has 0 aliphatic heterocycles. The van der Waals surface area contributed by atoms with Crippen molar-refractivity contribution in [2.45, 2.75) is 84.2 Å². The first-order chi connectivity index (χ1) is 12.0. The van der Waals surface area contributed by atoms with E-state index in [1.54, 1.807) is 0 Å². The monoisotopic (exact) mass is 372 g/mol. The Morgan fingerprint density at radius 2 is 1.69 bits per heavy atom. The van der Waals surface area contributed by atoms with Crippen molar-refractivity contribution in [3.05, 3.63) is 0 Å². The van der Waals surface area contributed by atoms with Crippen LogP contribution >= 0.6 is 0 Å². The van der Waals surface area contributed by atoms with Gasteiger partial charge in [0.25, 0.3) is 0 Å². The van der Waals surface area contributed by atoms with Gasteiger partial charge in [-0.15, -0.1) is 0 Å². The molecule has 0 saturated heterocycles. The Kier molecular flexibility index (Phi) is 8.86. The maximum atomic E-state index is 12.1. The Balaban J connectivity index is 2.58. The van der Waals surface area contributed by atoms with Gasteiger partial charge in [0.15, 0.2) is 5.78 Å². The molecule has 0 heterocycles. The molecule has 1 saturated carbocycles. The molecular formula is C19H32O7. The SMILES string of the molecule is CC1CCC(C(C)C)C(OC(=O)C(=O)CC(=O)C(O)CC(O)C(C)O)C1. The highest BCUT2D eigenvalue weighted by Gasteiger charge is 2.35. The van der Waals surface area contributed by atoms with Crippen molar-refractivity contribution >= 4 is 17.5 Å². The molecule has 0 spiro atoms. The Morgan fingerprint density at radius 1 is 1.08 bits per heavy atom. The maximum absolute atomic E-state index is 12.1. The zero-order chi connectivity index (χ0) is 20.0. The van der Waals surface area contributed by atoms with Crippen LogP contribution < -0.4 is 0 Å². The van der Waals surface area contributed by atoms with Gasteiger partial charge in [0.1, 0.15) is 12.2 Å². The first-order valence-corrected chi connectivity index (χ1v) is 9.33. The van der Waals surface area contributed by atoms with Crippen molar-refractivity contribution < 1.29 is 34.4 Å². The van der Waals surface area contributed by atoms with Gasteiger partial charge >= 0.3 is 5.97 Å². The molecule has 1 rings (SSSR count). The minimum Gasteiger partial charge on any atom is -0.456 e. The largest absolute Gasteiger partial charge is 0.456 e. The highest BCUT2D eigenvalue weighted by Crippen LogP contribution is 2.35. The zero-order valence-corrected chi connectivity index (χ0v) is 16.1. The molecule has 0 radical (unpaired) electrons. The Morgan fingerprint density at radius 3 is 2.23 bits per heavy atom. The van der Waals surface area contributed by atoms with E-state index in [1.807, 2.05) is 0 Å². The fraction of sp³-hybridized carbons (Fsp3) is 0.842. The lowest BCUT2D eigenvalue weighted by Crippen LogP contribution is -2.38. The fourth-order valence-corrected chi connectivity index (χ4v) is 3.36. The van der Waals surface area contributed by atoms with Crippen molar-refractivity contribution in [1.82, 2.24) is 0 Å². The van der Waals surface area contributed by atoms with Crippen molar-refractivity contribution in [3.63, 3.8) is 0 Å². The molecule has 150 valence electrons. The summed E-state index contributed by atoms with van der Waals surface area (Å²) in [7, 11) is 0. The van der Waals surface area contributed by atoms with E-state index in [0.717, 1.165) is 12.8 Å². The Labute approximate surface area is 154 Å². The maximum Gasteiger partial charge on any atom is 0.375 e. The number of hydrogen-bond acceptors (Lipinski definition) is 7. The van der Waals surface area contributed by atoms with Crippen LogP contribution in [-0.4, -0.2) is 57.3 Å². The minimum atomic E-state index is -1.62. The number of carbonyl (C=O) groups is 3. The summed E-state index contributed by atoms with van der Waals surface area (Å²) >= 11 is 0. The first kappa shape index (κ1) is 22.7. The second-order valence-electron chi connectivity index (χ2n) is 7.90. The van der Waals surface area contributed by atoms with Crippen LogP contribution in [0.4, 0.5) is 0 Å². The second kappa shape index (κ2) is 10.1. The molecule has 26 heavy (non-hydrogen) atoms. The first-order valence-electron chi connectivity index (χ1n) is 9.33. The number of rotatable bonds is 9. The summed E-state index contributed by atoms with van der Waals surface area (Å²) in [5.41, 5.74) is 0. The standard InChI is InChI=1S/C19H32O7/c1-10(2)13-6-5-11(3)7-18(13)26-19(25)17(24)9-16(23)15(22)8-14(21)12(4)20/h10-15,18,20-22H,5-9H2,1-4H3. The lowest BCUT2D eigenvalue weighted by Gasteiger charge is -2.36. The van der Waals surface area contributed by atoms with Crippen LogP contribution in [0, 0.1) is 17.8 Å². The van der Waals surface area contributed by atoms with Gasteiger partial charge in [0.05, 0.1) is 18.6 Å². The number of ether oxygens (including phenoxy) is 1. The van der Waals surface area contributed by atoms with E-state index in [2.05, 4.69) is 20.8 Å². The molecule has 1 aliphatic rings. The molecule has 7 heteroatoms. The van der Waals surface area contributed by atoms with E-state index in [4.69, 9.17) is 4.74 Å². The summed E-state index contributed by atoms with van der Waals surface area (Å²) in [6, 6.07) is 0. The van der Waals surface area contributed by atoms with Gasteiger partial charge in [-0.05, 0) is 37.5 Å². The van der Waals surface area contributed by atoms with E-state index >= 15 is 0 Å². The minimum absolute atomic E-state index is 0.186. The number of hydrogen-bond donors (Lipinski definition) is 3. The third-order valence-corrected chi connectivity index (χ3v) is 5.18. The molecule has 1 fully saturated rings. The smallest absolute Gasteiger partial charge is 0.375 e. The second-order valence-corrected chi connectivity index (χ2v) is 7.90. The normalized spacial score (nSPS) is 26.8. The van der Waals surface area contributed by atoms with Crippen molar-refractivity contribution in [2.24, 2.45) is 17.8 Å². The highest BCUT2D eigenvalue weighted by atomic mass is 16.5. The fourth-order valence-electron chi connectivity index (χ4n) is 3.36. The zero-order valence-electron chi connectivity index (χ0n) is 16.1. The van der Waals surface area contributed by atoms with Crippen LogP contribution in [-0.2, 0) is 19.1 Å². The predicted molar refractivity (Wildman–Crippen MR) is 94.2 cm³/mol. The van der Waals surface area contributed by atoms with Crippen LogP contribution in [0.25, 0.3) is 0 Å². The van der Waals surface area contributed by atoms with Gasteiger partial charge in [-0.1, -0.05) is 27.2 Å². The molecule has 0 bridgehead atoms. The summed E-state index contributed by atoms with van der Waals surface area (Å²) in [5, 5.41) is 28.4. The van der Waals surface area contributed by atoms with E-state index in [-0.39, 0.29) is 12.0 Å². The molecule has 6 atom stereocenters. The third kappa shape index (κ3) is 6.78. The van der Waals surface area contributed by atoms with Gasteiger partial charge in [0, 0.05) is 6.42 Å². The van der Waals surface area contributed by atoms with Crippen molar-refractivity contribution in [3.8, 4) is 0 Å². The molecule has 0 amide bonds. The number of esters is 1. The van der Waals surface area contributed by atoms with Crippen LogP contribution in [0.2, 0.25) is 0 Å². The van der Waals surface area contributed by atoms with Crippen molar-refractivity contribution in [2.75, 3.05) is 0 Å². The quantitative estimate of drug-likeness (QED) is 0.314. The van der Waals surface area contributed by atoms with Gasteiger partial charge in [-0.25, -0.2) is 4.79 Å². The molecule has 1 aliphatic carbocycles. The Bertz CT molecular complexity index is 500. The van der Waals surface area contributed by atoms with Gasteiger partial charge in [-0.3, -0.25) is 9.59 Å². The number of carbonyl (C=O) groups excluding carboxylic acids is 3. The van der Waals surface area contributed by atoms with E-state index < -0.39 is 48.7 Å². The van der Waals surface area contributed by atoms with E-state index in [1.165, 1.54) is 6.92 Å². The lowest BCUT2D eigenvalue weighted by atomic mass is 9.75. The van der Waals surface area contributed by atoms with Crippen LogP contribution in [0.15, 0.2) is 0 Å².